The maximum absolute atomic E-state index is 12.2. The predicted octanol–water partition coefficient (Wildman–Crippen LogP) is -0.471. The standard InChI is InChI=1S/C11H18N4O4/c1-6(2)9(16)14(12)10(17)8-4-3-7-5-13(8)11(18)15(7)19/h6-8,19H,3-5,12H2,1-2H3. The first-order valence-electron chi connectivity index (χ1n) is 6.25. The van der Waals surface area contributed by atoms with E-state index in [1.807, 2.05) is 0 Å². The van der Waals surface area contributed by atoms with Crippen LogP contribution in [0.2, 0.25) is 0 Å². The smallest absolute Gasteiger partial charge is 0.309 e. The van der Waals surface area contributed by atoms with Gasteiger partial charge in [-0.15, -0.1) is 0 Å². The van der Waals surface area contributed by atoms with Crippen molar-refractivity contribution in [2.75, 3.05) is 6.54 Å². The third-order valence-electron chi connectivity index (χ3n) is 3.60. The monoisotopic (exact) mass is 270 g/mol. The predicted molar refractivity (Wildman–Crippen MR) is 63.4 cm³/mol. The Hall–Kier alpha value is -1.67. The highest BCUT2D eigenvalue weighted by Gasteiger charge is 2.48. The Bertz CT molecular complexity index is 425. The molecule has 0 radical (unpaired) electrons. The van der Waals surface area contributed by atoms with Crippen LogP contribution in [0.3, 0.4) is 0 Å². The molecule has 2 bridgehead atoms. The van der Waals surface area contributed by atoms with Crippen molar-refractivity contribution in [3.05, 3.63) is 0 Å². The van der Waals surface area contributed by atoms with E-state index in [-0.39, 0.29) is 12.6 Å². The van der Waals surface area contributed by atoms with Crippen molar-refractivity contribution in [3.63, 3.8) is 0 Å². The van der Waals surface area contributed by atoms with E-state index in [4.69, 9.17) is 5.84 Å². The molecule has 2 unspecified atom stereocenters. The van der Waals surface area contributed by atoms with Gasteiger partial charge in [-0.05, 0) is 12.8 Å². The van der Waals surface area contributed by atoms with Gasteiger partial charge in [-0.1, -0.05) is 13.8 Å². The zero-order chi connectivity index (χ0) is 14.3. The first-order chi connectivity index (χ1) is 8.84. The van der Waals surface area contributed by atoms with Crippen molar-refractivity contribution >= 4 is 17.8 Å². The van der Waals surface area contributed by atoms with Gasteiger partial charge in [0.2, 0.25) is 5.91 Å². The van der Waals surface area contributed by atoms with Crippen LogP contribution in [0.4, 0.5) is 4.79 Å². The Labute approximate surface area is 110 Å². The van der Waals surface area contributed by atoms with Gasteiger partial charge < -0.3 is 4.90 Å². The molecular formula is C11H18N4O4. The molecule has 2 atom stereocenters. The highest BCUT2D eigenvalue weighted by atomic mass is 16.5. The van der Waals surface area contributed by atoms with Crippen LogP contribution in [0.5, 0.6) is 0 Å². The van der Waals surface area contributed by atoms with Crippen LogP contribution >= 0.6 is 0 Å². The molecule has 0 spiro atoms. The molecule has 19 heavy (non-hydrogen) atoms. The van der Waals surface area contributed by atoms with Crippen LogP contribution < -0.4 is 5.84 Å². The molecule has 8 nitrogen and oxygen atoms in total. The van der Waals surface area contributed by atoms with Gasteiger partial charge in [-0.3, -0.25) is 14.8 Å². The molecule has 106 valence electrons. The molecule has 3 N–H and O–H groups in total. The molecule has 0 aromatic rings. The molecule has 0 saturated carbocycles. The molecular weight excluding hydrogens is 252 g/mol. The molecule has 2 aliphatic rings. The number of hydrogen-bond donors (Lipinski definition) is 2. The van der Waals surface area contributed by atoms with Gasteiger partial charge in [-0.2, -0.15) is 0 Å². The van der Waals surface area contributed by atoms with E-state index in [0.717, 1.165) is 0 Å². The number of piperidine rings is 1. The number of hydrazine groups is 1. The summed E-state index contributed by atoms with van der Waals surface area (Å²) in [4.78, 5) is 36.9. The van der Waals surface area contributed by atoms with Crippen molar-refractivity contribution in [2.45, 2.75) is 38.8 Å². The quantitative estimate of drug-likeness (QED) is 0.305. The number of rotatable bonds is 2. The lowest BCUT2D eigenvalue weighted by Gasteiger charge is -2.31. The normalized spacial score (nSPS) is 26.1. The van der Waals surface area contributed by atoms with E-state index in [1.54, 1.807) is 13.8 Å². The summed E-state index contributed by atoms with van der Waals surface area (Å²) in [6.07, 6.45) is 0.907. The van der Waals surface area contributed by atoms with Crippen molar-refractivity contribution in [1.82, 2.24) is 15.0 Å². The van der Waals surface area contributed by atoms with Crippen LogP contribution in [0.25, 0.3) is 0 Å². The topological polar surface area (TPSA) is 107 Å². The number of nitrogens with zero attached hydrogens (tertiary/aromatic N) is 3. The van der Waals surface area contributed by atoms with Crippen molar-refractivity contribution < 1.29 is 19.6 Å². The van der Waals surface area contributed by atoms with Gasteiger partial charge >= 0.3 is 6.03 Å². The molecule has 2 saturated heterocycles. The molecule has 2 heterocycles. The van der Waals surface area contributed by atoms with E-state index >= 15 is 0 Å². The number of hydrogen-bond acceptors (Lipinski definition) is 5. The van der Waals surface area contributed by atoms with Gasteiger partial charge in [0.25, 0.3) is 5.91 Å². The Balaban J connectivity index is 2.12. The van der Waals surface area contributed by atoms with Crippen LogP contribution in [-0.2, 0) is 9.59 Å². The second-order valence-corrected chi connectivity index (χ2v) is 5.23. The first kappa shape index (κ1) is 13.8. The largest absolute Gasteiger partial charge is 0.344 e. The number of hydroxylamine groups is 2. The number of carbonyl (C=O) groups is 3. The average Bonchev–Trinajstić information content (AvgIpc) is 2.61. The van der Waals surface area contributed by atoms with Crippen LogP contribution in [0.1, 0.15) is 26.7 Å². The van der Waals surface area contributed by atoms with E-state index < -0.39 is 29.8 Å². The maximum atomic E-state index is 12.2. The zero-order valence-corrected chi connectivity index (χ0v) is 10.9. The van der Waals surface area contributed by atoms with Gasteiger partial charge in [0.1, 0.15) is 6.04 Å². The summed E-state index contributed by atoms with van der Waals surface area (Å²) in [6, 6.07) is -1.65. The maximum Gasteiger partial charge on any atom is 0.344 e. The Morgan fingerprint density at radius 1 is 1.42 bits per heavy atom. The number of nitrogens with two attached hydrogens (primary N) is 1. The summed E-state index contributed by atoms with van der Waals surface area (Å²) >= 11 is 0. The molecule has 2 aliphatic heterocycles. The lowest BCUT2D eigenvalue weighted by molar-refractivity contribution is -0.150. The van der Waals surface area contributed by atoms with E-state index in [9.17, 15) is 19.6 Å². The van der Waals surface area contributed by atoms with Crippen LogP contribution in [0, 0.1) is 5.92 Å². The highest BCUT2D eigenvalue weighted by Crippen LogP contribution is 2.29. The molecule has 0 aliphatic carbocycles. The minimum absolute atomic E-state index is 0.274. The van der Waals surface area contributed by atoms with E-state index in [0.29, 0.717) is 22.9 Å². The highest BCUT2D eigenvalue weighted by molar-refractivity contribution is 5.99. The number of carbonyl (C=O) groups excluding carboxylic acids is 3. The fourth-order valence-corrected chi connectivity index (χ4v) is 2.45. The van der Waals surface area contributed by atoms with Gasteiger partial charge in [0.15, 0.2) is 0 Å². The third kappa shape index (κ3) is 2.17. The third-order valence-corrected chi connectivity index (χ3v) is 3.60. The van der Waals surface area contributed by atoms with E-state index in [1.165, 1.54) is 4.90 Å². The molecule has 0 aromatic carbocycles. The molecule has 2 rings (SSSR count). The fraction of sp³-hybridized carbons (Fsp3) is 0.727. The van der Waals surface area contributed by atoms with Crippen LogP contribution in [0.15, 0.2) is 0 Å². The van der Waals surface area contributed by atoms with Crippen molar-refractivity contribution in [3.8, 4) is 0 Å². The summed E-state index contributed by atoms with van der Waals surface area (Å²) in [5, 5.41) is 10.8. The summed E-state index contributed by atoms with van der Waals surface area (Å²) in [6.45, 7) is 3.57. The number of imide groups is 1. The SMILES string of the molecule is CC(C)C(=O)N(N)C(=O)C1CCC2CN1C(=O)N2O. The second-order valence-electron chi connectivity index (χ2n) is 5.23. The zero-order valence-electron chi connectivity index (χ0n) is 10.9. The van der Waals surface area contributed by atoms with Crippen molar-refractivity contribution in [2.24, 2.45) is 11.8 Å². The lowest BCUT2D eigenvalue weighted by atomic mass is 10.00. The summed E-state index contributed by atoms with van der Waals surface area (Å²) in [7, 11) is 0. The molecule has 2 fully saturated rings. The van der Waals surface area contributed by atoms with Gasteiger partial charge in [0, 0.05) is 12.5 Å². The summed E-state index contributed by atoms with van der Waals surface area (Å²) in [5.41, 5.74) is 0. The first-order valence-corrected chi connectivity index (χ1v) is 6.25. The second kappa shape index (κ2) is 4.78. The minimum Gasteiger partial charge on any atom is -0.309 e. The van der Waals surface area contributed by atoms with E-state index in [2.05, 4.69) is 0 Å². The lowest BCUT2D eigenvalue weighted by Crippen LogP contribution is -2.56. The molecule has 0 aromatic heterocycles. The Morgan fingerprint density at radius 3 is 2.63 bits per heavy atom. The Kier molecular flexibility index (Phi) is 3.46. The Morgan fingerprint density at radius 2 is 2.05 bits per heavy atom. The molecule has 4 amide bonds. The van der Waals surface area contributed by atoms with Gasteiger partial charge in [0.05, 0.1) is 6.04 Å². The number of urea groups is 1. The minimum atomic E-state index is -0.770. The summed E-state index contributed by atoms with van der Waals surface area (Å²) in [5.74, 6) is 4.05. The van der Waals surface area contributed by atoms with Gasteiger partial charge in [-0.25, -0.2) is 20.7 Å². The fourth-order valence-electron chi connectivity index (χ4n) is 2.45. The molecule has 8 heteroatoms. The van der Waals surface area contributed by atoms with Crippen LogP contribution in [-0.4, -0.2) is 56.7 Å². The number of fused-ring (bicyclic) bond motifs is 2. The summed E-state index contributed by atoms with van der Waals surface area (Å²) < 4.78 is 0. The van der Waals surface area contributed by atoms with Crippen molar-refractivity contribution in [1.29, 1.82) is 0 Å². The average molecular weight is 270 g/mol. The number of amides is 4.